The molecule has 0 saturated carbocycles. The van der Waals surface area contributed by atoms with Crippen molar-refractivity contribution in [2.75, 3.05) is 0 Å². The molecule has 0 aliphatic rings. The number of aliphatic hydroxyl groups excluding tert-OH is 1. The van der Waals surface area contributed by atoms with Crippen molar-refractivity contribution < 1.29 is 14.7 Å². The summed E-state index contributed by atoms with van der Waals surface area (Å²) >= 11 is 0. The Balaban J connectivity index is 2.74. The maximum atomic E-state index is 11.5. The average Bonchev–Trinajstić information content (AvgIpc) is 2.25. The van der Waals surface area contributed by atoms with E-state index < -0.39 is 24.0 Å². The van der Waals surface area contributed by atoms with Crippen LogP contribution in [0.1, 0.15) is 17.4 Å². The molecule has 1 aromatic heterocycles. The summed E-state index contributed by atoms with van der Waals surface area (Å²) in [6.45, 7) is 1.35. The van der Waals surface area contributed by atoms with Gasteiger partial charge in [0.25, 0.3) is 5.91 Å². The summed E-state index contributed by atoms with van der Waals surface area (Å²) in [4.78, 5) is 29.9. The van der Waals surface area contributed by atoms with Gasteiger partial charge >= 0.3 is 0 Å². The van der Waals surface area contributed by atoms with E-state index in [0.717, 1.165) is 0 Å². The van der Waals surface area contributed by atoms with Crippen molar-refractivity contribution in [1.82, 2.24) is 15.3 Å². The lowest BCUT2D eigenvalue weighted by molar-refractivity contribution is -0.122. The molecule has 4 N–H and O–H groups in total. The number of hydrogen-bond acceptors (Lipinski definition) is 5. The smallest absolute Gasteiger partial charge is 0.272 e. The van der Waals surface area contributed by atoms with Crippen molar-refractivity contribution >= 4 is 11.8 Å². The second kappa shape index (κ2) is 5.17. The average molecular weight is 224 g/mol. The number of nitrogens with two attached hydrogens (primary N) is 1. The van der Waals surface area contributed by atoms with Crippen LogP contribution in [0.15, 0.2) is 18.6 Å². The maximum Gasteiger partial charge on any atom is 0.272 e. The minimum absolute atomic E-state index is 0.0504. The molecule has 1 heterocycles. The lowest BCUT2D eigenvalue weighted by Gasteiger charge is -2.17. The number of nitrogens with zero attached hydrogens (tertiary/aromatic N) is 2. The van der Waals surface area contributed by atoms with Gasteiger partial charge in [0.2, 0.25) is 5.91 Å². The Labute approximate surface area is 91.7 Å². The second-order valence-corrected chi connectivity index (χ2v) is 3.18. The molecule has 0 aliphatic heterocycles. The van der Waals surface area contributed by atoms with Gasteiger partial charge < -0.3 is 16.2 Å². The number of hydrogen-bond donors (Lipinski definition) is 3. The van der Waals surface area contributed by atoms with E-state index >= 15 is 0 Å². The van der Waals surface area contributed by atoms with Gasteiger partial charge in [-0.2, -0.15) is 0 Å². The van der Waals surface area contributed by atoms with Gasteiger partial charge in [-0.15, -0.1) is 0 Å². The number of aromatic nitrogens is 2. The quantitative estimate of drug-likeness (QED) is 0.571. The standard InChI is InChI=1S/C9H12N4O3/c1-5(14)7(8(10)15)13-9(16)6-4-11-2-3-12-6/h2-5,7,14H,1H3,(H2,10,15)(H,13,16)/t5-,7+/m1/s1. The molecule has 0 bridgehead atoms. The Morgan fingerprint density at radius 3 is 2.62 bits per heavy atom. The Bertz CT molecular complexity index is 380. The zero-order valence-electron chi connectivity index (χ0n) is 8.62. The van der Waals surface area contributed by atoms with Crippen molar-refractivity contribution in [3.8, 4) is 0 Å². The molecule has 86 valence electrons. The predicted octanol–water partition coefficient (Wildman–Crippen LogP) is -1.56. The second-order valence-electron chi connectivity index (χ2n) is 3.18. The number of primary amides is 1. The predicted molar refractivity (Wildman–Crippen MR) is 54.2 cm³/mol. The van der Waals surface area contributed by atoms with Crippen LogP contribution in [0.3, 0.4) is 0 Å². The highest BCUT2D eigenvalue weighted by Gasteiger charge is 2.24. The Morgan fingerprint density at radius 2 is 2.19 bits per heavy atom. The number of amides is 2. The van der Waals surface area contributed by atoms with Crippen LogP contribution in [0, 0.1) is 0 Å². The summed E-state index contributed by atoms with van der Waals surface area (Å²) in [5.74, 6) is -1.43. The zero-order chi connectivity index (χ0) is 12.1. The molecule has 0 spiro atoms. The first-order valence-corrected chi connectivity index (χ1v) is 4.56. The molecular formula is C9H12N4O3. The van der Waals surface area contributed by atoms with Crippen LogP contribution in [0.25, 0.3) is 0 Å². The molecule has 16 heavy (non-hydrogen) atoms. The van der Waals surface area contributed by atoms with Gasteiger partial charge in [0, 0.05) is 12.4 Å². The zero-order valence-corrected chi connectivity index (χ0v) is 8.62. The summed E-state index contributed by atoms with van der Waals surface area (Å²) < 4.78 is 0. The van der Waals surface area contributed by atoms with E-state index in [1.54, 1.807) is 0 Å². The maximum absolute atomic E-state index is 11.5. The van der Waals surface area contributed by atoms with Crippen LogP contribution >= 0.6 is 0 Å². The molecule has 0 aromatic carbocycles. The minimum Gasteiger partial charge on any atom is -0.391 e. The lowest BCUT2D eigenvalue weighted by atomic mass is 10.1. The van der Waals surface area contributed by atoms with Gasteiger partial charge in [-0.25, -0.2) is 4.98 Å². The number of carbonyl (C=O) groups excluding carboxylic acids is 2. The third-order valence-corrected chi connectivity index (χ3v) is 1.87. The number of rotatable bonds is 4. The van der Waals surface area contributed by atoms with Crippen LogP contribution in [0.2, 0.25) is 0 Å². The van der Waals surface area contributed by atoms with Crippen LogP contribution in [0.4, 0.5) is 0 Å². The highest BCUT2D eigenvalue weighted by atomic mass is 16.3. The molecule has 1 rings (SSSR count). The van der Waals surface area contributed by atoms with Crippen LogP contribution < -0.4 is 11.1 Å². The molecule has 1 aromatic rings. The minimum atomic E-state index is -1.14. The SMILES string of the molecule is C[C@@H](O)[C@H](NC(=O)c1cnccn1)C(N)=O. The van der Waals surface area contributed by atoms with E-state index in [4.69, 9.17) is 5.73 Å². The highest BCUT2D eigenvalue weighted by Crippen LogP contribution is 1.96. The Kier molecular flexibility index (Phi) is 3.90. The molecular weight excluding hydrogens is 212 g/mol. The fraction of sp³-hybridized carbons (Fsp3) is 0.333. The Hall–Kier alpha value is -2.02. The first-order chi connectivity index (χ1) is 7.52. The van der Waals surface area contributed by atoms with Crippen molar-refractivity contribution in [3.05, 3.63) is 24.3 Å². The summed E-state index contributed by atoms with van der Waals surface area (Å²) in [7, 11) is 0. The number of nitrogens with one attached hydrogen (secondary N) is 1. The van der Waals surface area contributed by atoms with E-state index in [0.29, 0.717) is 0 Å². The number of aliphatic hydroxyl groups is 1. The highest BCUT2D eigenvalue weighted by molar-refractivity contribution is 5.95. The molecule has 0 radical (unpaired) electrons. The molecule has 0 saturated heterocycles. The molecule has 2 amide bonds. The van der Waals surface area contributed by atoms with Gasteiger partial charge in [0.05, 0.1) is 12.3 Å². The lowest BCUT2D eigenvalue weighted by Crippen LogP contribution is -2.50. The Morgan fingerprint density at radius 1 is 1.50 bits per heavy atom. The van der Waals surface area contributed by atoms with Crippen LogP contribution in [-0.2, 0) is 4.79 Å². The third-order valence-electron chi connectivity index (χ3n) is 1.87. The van der Waals surface area contributed by atoms with Crippen molar-refractivity contribution in [2.24, 2.45) is 5.73 Å². The van der Waals surface area contributed by atoms with Gasteiger partial charge in [0.1, 0.15) is 11.7 Å². The first kappa shape index (κ1) is 12.1. The van der Waals surface area contributed by atoms with Crippen LogP contribution in [0.5, 0.6) is 0 Å². The number of carbonyl (C=O) groups is 2. The largest absolute Gasteiger partial charge is 0.391 e. The molecule has 2 atom stereocenters. The summed E-state index contributed by atoms with van der Waals surface area (Å²) in [5, 5.41) is 11.5. The van der Waals surface area contributed by atoms with E-state index in [2.05, 4.69) is 15.3 Å². The van der Waals surface area contributed by atoms with Gasteiger partial charge in [0.15, 0.2) is 0 Å². The van der Waals surface area contributed by atoms with Crippen LogP contribution in [-0.4, -0.2) is 39.0 Å². The van der Waals surface area contributed by atoms with E-state index in [-0.39, 0.29) is 5.69 Å². The molecule has 7 heteroatoms. The summed E-state index contributed by atoms with van der Waals surface area (Å²) in [6.07, 6.45) is 2.93. The van der Waals surface area contributed by atoms with Crippen molar-refractivity contribution in [1.29, 1.82) is 0 Å². The summed E-state index contributed by atoms with van der Waals surface area (Å²) in [6, 6.07) is -1.14. The van der Waals surface area contributed by atoms with E-state index in [1.165, 1.54) is 25.5 Å². The molecule has 7 nitrogen and oxygen atoms in total. The fourth-order valence-electron chi connectivity index (χ4n) is 1.06. The normalized spacial score (nSPS) is 13.9. The topological polar surface area (TPSA) is 118 Å². The molecule has 0 aliphatic carbocycles. The van der Waals surface area contributed by atoms with E-state index in [9.17, 15) is 14.7 Å². The monoisotopic (exact) mass is 224 g/mol. The first-order valence-electron chi connectivity index (χ1n) is 4.56. The third kappa shape index (κ3) is 2.99. The molecule has 0 fully saturated rings. The van der Waals surface area contributed by atoms with Gasteiger partial charge in [-0.3, -0.25) is 14.6 Å². The van der Waals surface area contributed by atoms with Crippen molar-refractivity contribution in [3.63, 3.8) is 0 Å². The molecule has 0 unspecified atom stereocenters. The van der Waals surface area contributed by atoms with Crippen molar-refractivity contribution in [2.45, 2.75) is 19.1 Å². The van der Waals surface area contributed by atoms with Gasteiger partial charge in [-0.1, -0.05) is 0 Å². The van der Waals surface area contributed by atoms with E-state index in [1.807, 2.05) is 0 Å². The fourth-order valence-corrected chi connectivity index (χ4v) is 1.06. The van der Waals surface area contributed by atoms with Gasteiger partial charge in [-0.05, 0) is 6.92 Å². The summed E-state index contributed by atoms with van der Waals surface area (Å²) in [5.41, 5.74) is 5.06.